The minimum Gasteiger partial charge on any atom is -0.481 e. The summed E-state index contributed by atoms with van der Waals surface area (Å²) in [5.41, 5.74) is 2.52. The van der Waals surface area contributed by atoms with Crippen molar-refractivity contribution in [1.82, 2.24) is 0 Å². The molecule has 1 fully saturated rings. The third kappa shape index (κ3) is 5.71. The first-order valence-electron chi connectivity index (χ1n) is 12.4. The van der Waals surface area contributed by atoms with Gasteiger partial charge in [0.2, 0.25) is 0 Å². The summed E-state index contributed by atoms with van der Waals surface area (Å²) >= 11 is 7.50. The van der Waals surface area contributed by atoms with Crippen LogP contribution in [-0.2, 0) is 21.1 Å². The van der Waals surface area contributed by atoms with E-state index >= 15 is 0 Å². The lowest BCUT2D eigenvalue weighted by Crippen LogP contribution is -2.19. The molecule has 5 nitrogen and oxygen atoms in total. The highest BCUT2D eigenvalue weighted by molar-refractivity contribution is 7.20. The van der Waals surface area contributed by atoms with Crippen molar-refractivity contribution in [1.29, 1.82) is 0 Å². The first-order chi connectivity index (χ1) is 19.0. The molecule has 1 aliphatic rings. The molecular weight excluding hydrogens is 563 g/mol. The Bertz CT molecular complexity index is 1560. The molecule has 4 aromatic rings. The molecule has 0 saturated heterocycles. The second kappa shape index (κ2) is 10.6. The molecule has 2 N–H and O–H groups in total. The lowest BCUT2D eigenvalue weighted by atomic mass is 9.93. The number of thiophene rings is 1. The predicted octanol–water partition coefficient (Wildman–Crippen LogP) is 9.18. The zero-order valence-electron chi connectivity index (χ0n) is 21.1. The molecule has 1 aliphatic carbocycles. The predicted molar refractivity (Wildman–Crippen MR) is 149 cm³/mol. The topological polar surface area (TPSA) is 75.6 Å². The van der Waals surface area contributed by atoms with Gasteiger partial charge in [0, 0.05) is 0 Å². The number of hydrogen-bond acceptors (Lipinski definition) is 4. The van der Waals surface area contributed by atoms with Crippen molar-refractivity contribution in [3.8, 4) is 21.6 Å². The van der Waals surface area contributed by atoms with Crippen LogP contribution in [0.5, 0.6) is 0 Å². The summed E-state index contributed by atoms with van der Waals surface area (Å²) < 4.78 is 44.9. The van der Waals surface area contributed by atoms with Gasteiger partial charge in [-0.1, -0.05) is 72.3 Å². The van der Waals surface area contributed by atoms with Gasteiger partial charge < -0.3 is 9.84 Å². The van der Waals surface area contributed by atoms with Crippen LogP contribution in [0, 0.1) is 0 Å². The lowest BCUT2D eigenvalue weighted by Gasteiger charge is -2.16. The minimum absolute atomic E-state index is 0.215. The van der Waals surface area contributed by atoms with Crippen LogP contribution in [0.4, 0.5) is 23.7 Å². The number of rotatable bonds is 7. The number of halogens is 4. The number of aliphatic carboxylic acids is 1. The number of alkyl halides is 3. The fraction of sp³-hybridized carbons (Fsp3) is 0.200. The Hall–Kier alpha value is -3.82. The largest absolute Gasteiger partial charge is 0.481 e. The summed E-state index contributed by atoms with van der Waals surface area (Å²) in [6.07, 6.45) is -4.95. The van der Waals surface area contributed by atoms with E-state index in [1.54, 1.807) is 6.07 Å². The zero-order valence-corrected chi connectivity index (χ0v) is 22.7. The molecule has 0 spiro atoms. The van der Waals surface area contributed by atoms with Crippen molar-refractivity contribution < 1.29 is 32.6 Å². The maximum Gasteiger partial charge on any atom is 0.416 e. The average Bonchev–Trinajstić information content (AvgIpc) is 3.66. The van der Waals surface area contributed by atoms with Crippen LogP contribution >= 0.6 is 22.9 Å². The number of carboxylic acid groups (broad SMARTS) is 1. The monoisotopic (exact) mass is 585 g/mol. The molecule has 3 aromatic carbocycles. The summed E-state index contributed by atoms with van der Waals surface area (Å²) in [7, 11) is 0. The van der Waals surface area contributed by atoms with Crippen molar-refractivity contribution >= 4 is 40.7 Å². The van der Waals surface area contributed by atoms with Crippen LogP contribution < -0.4 is 5.32 Å². The number of anilines is 1. The van der Waals surface area contributed by atoms with Crippen LogP contribution in [0.3, 0.4) is 0 Å². The van der Waals surface area contributed by atoms with Crippen molar-refractivity contribution in [3.63, 3.8) is 0 Å². The Kier molecular flexibility index (Phi) is 7.37. The van der Waals surface area contributed by atoms with Crippen molar-refractivity contribution in [2.45, 2.75) is 37.5 Å². The number of carboxylic acids is 1. The molecule has 0 bridgehead atoms. The van der Waals surface area contributed by atoms with Crippen LogP contribution in [0.15, 0.2) is 78.9 Å². The Balaban J connectivity index is 1.28. The SMILES string of the molecule is C[C@@H](OC(=O)Nc1cc(Cl)sc1-c1ccc(-c2ccc(C3(C(=O)O)CC3)cc2)cc1)c1cccc(C(F)(F)F)c1. The van der Waals surface area contributed by atoms with Crippen molar-refractivity contribution in [2.24, 2.45) is 0 Å². The molecule has 0 unspecified atom stereocenters. The number of amides is 1. The summed E-state index contributed by atoms with van der Waals surface area (Å²) in [5, 5.41) is 12.2. The van der Waals surface area contributed by atoms with Gasteiger partial charge in [-0.25, -0.2) is 4.79 Å². The maximum atomic E-state index is 13.0. The van der Waals surface area contributed by atoms with Gasteiger partial charge in [-0.2, -0.15) is 13.2 Å². The molecular formula is C30H23ClF3NO4S. The summed E-state index contributed by atoms with van der Waals surface area (Å²) in [6.45, 7) is 1.49. The first-order valence-corrected chi connectivity index (χ1v) is 13.5. The number of hydrogen-bond donors (Lipinski definition) is 2. The molecule has 1 aromatic heterocycles. The molecule has 40 heavy (non-hydrogen) atoms. The Labute approximate surface area is 237 Å². The molecule has 5 rings (SSSR count). The normalized spacial score (nSPS) is 14.8. The molecule has 0 aliphatic heterocycles. The van der Waals surface area contributed by atoms with Gasteiger partial charge in [0.1, 0.15) is 6.10 Å². The smallest absolute Gasteiger partial charge is 0.416 e. The molecule has 0 radical (unpaired) electrons. The van der Waals surface area contributed by atoms with Crippen LogP contribution in [0.2, 0.25) is 4.34 Å². The number of benzene rings is 3. The second-order valence-corrected chi connectivity index (χ2v) is 11.3. The van der Waals surface area contributed by atoms with Gasteiger partial charge in [0.25, 0.3) is 0 Å². The van der Waals surface area contributed by atoms with E-state index < -0.39 is 35.3 Å². The van der Waals surface area contributed by atoms with Crippen molar-refractivity contribution in [2.75, 3.05) is 5.32 Å². The van der Waals surface area contributed by atoms with E-state index in [4.69, 9.17) is 16.3 Å². The quantitative estimate of drug-likeness (QED) is 0.227. The standard InChI is InChI=1S/C30H23ClF3NO4S/c1-17(21-3-2-4-23(15-21)30(32,33)34)39-28(38)35-24-16-25(31)40-26(24)20-7-5-18(6-8-20)19-9-11-22(12-10-19)29(13-14-29)27(36)37/h2-12,15-17H,13-14H2,1H3,(H,35,38)(H,36,37)/t17-/m1/s1. The van der Waals surface area contributed by atoms with Crippen molar-refractivity contribution in [3.05, 3.63) is 99.9 Å². The van der Waals surface area contributed by atoms with E-state index in [9.17, 15) is 27.9 Å². The highest BCUT2D eigenvalue weighted by Gasteiger charge is 2.51. The Morgan fingerprint density at radius 1 is 0.975 bits per heavy atom. The van der Waals surface area contributed by atoms with E-state index in [1.807, 2.05) is 48.5 Å². The van der Waals surface area contributed by atoms with Gasteiger partial charge in [0.15, 0.2) is 0 Å². The van der Waals surface area contributed by atoms with Crippen LogP contribution in [0.1, 0.15) is 42.6 Å². The number of nitrogens with one attached hydrogen (secondary N) is 1. The molecule has 1 amide bonds. The lowest BCUT2D eigenvalue weighted by molar-refractivity contribution is -0.140. The van der Waals surface area contributed by atoms with Gasteiger partial charge in [-0.15, -0.1) is 11.3 Å². The number of carbonyl (C=O) groups excluding carboxylic acids is 1. The van der Waals surface area contributed by atoms with Gasteiger partial charge in [0.05, 0.1) is 25.9 Å². The van der Waals surface area contributed by atoms with Gasteiger partial charge in [-0.3, -0.25) is 10.1 Å². The first kappa shape index (κ1) is 27.7. The maximum absolute atomic E-state index is 13.0. The zero-order chi connectivity index (χ0) is 28.7. The fourth-order valence-corrected chi connectivity index (χ4v) is 5.74. The van der Waals surface area contributed by atoms with E-state index in [1.165, 1.54) is 30.4 Å². The summed E-state index contributed by atoms with van der Waals surface area (Å²) in [4.78, 5) is 24.9. The summed E-state index contributed by atoms with van der Waals surface area (Å²) in [6, 6.07) is 21.4. The molecule has 1 heterocycles. The molecule has 1 saturated carbocycles. The van der Waals surface area contributed by atoms with E-state index in [0.29, 0.717) is 27.7 Å². The molecule has 206 valence electrons. The average molecular weight is 586 g/mol. The van der Waals surface area contributed by atoms with E-state index in [0.717, 1.165) is 34.4 Å². The Morgan fingerprint density at radius 2 is 1.57 bits per heavy atom. The molecule has 10 heteroatoms. The van der Waals surface area contributed by atoms with E-state index in [-0.39, 0.29) is 5.56 Å². The fourth-order valence-electron chi connectivity index (χ4n) is 4.55. The summed E-state index contributed by atoms with van der Waals surface area (Å²) in [5.74, 6) is -0.794. The highest BCUT2D eigenvalue weighted by Crippen LogP contribution is 2.48. The van der Waals surface area contributed by atoms with Gasteiger partial charge in [-0.05, 0) is 65.8 Å². The van der Waals surface area contributed by atoms with Crippen LogP contribution in [-0.4, -0.2) is 17.2 Å². The second-order valence-electron chi connectivity index (χ2n) is 9.63. The number of carbonyl (C=O) groups is 2. The van der Waals surface area contributed by atoms with Gasteiger partial charge >= 0.3 is 18.2 Å². The molecule has 1 atom stereocenters. The van der Waals surface area contributed by atoms with Crippen LogP contribution in [0.25, 0.3) is 21.6 Å². The third-order valence-corrected chi connectivity index (χ3v) is 8.30. The number of ether oxygens (including phenoxy) is 1. The third-order valence-electron chi connectivity index (χ3n) is 6.98. The minimum atomic E-state index is -4.50. The van der Waals surface area contributed by atoms with E-state index in [2.05, 4.69) is 5.32 Å². The highest BCUT2D eigenvalue weighted by atomic mass is 35.5. The Morgan fingerprint density at radius 3 is 2.15 bits per heavy atom.